The molecule has 0 fully saturated rings. The molecule has 2 rings (SSSR count). The Morgan fingerprint density at radius 3 is 3.12 bits per heavy atom. The maximum absolute atomic E-state index is 11.9. The highest BCUT2D eigenvalue weighted by atomic mass is 16.3. The molecule has 0 aromatic heterocycles. The Kier molecular flexibility index (Phi) is 3.64. The average molecular weight is 234 g/mol. The summed E-state index contributed by atoms with van der Waals surface area (Å²) in [6.07, 6.45) is 1.75. The lowest BCUT2D eigenvalue weighted by atomic mass is 10.1. The first kappa shape index (κ1) is 11.9. The lowest BCUT2D eigenvalue weighted by Gasteiger charge is -2.14. The fraction of sp³-hybridized carbons (Fsp3) is 0.462. The number of hydrogen-bond donors (Lipinski definition) is 3. The molecule has 0 bridgehead atoms. The van der Waals surface area contributed by atoms with E-state index in [-0.39, 0.29) is 18.6 Å². The number of rotatable bonds is 4. The highest BCUT2D eigenvalue weighted by molar-refractivity contribution is 5.95. The van der Waals surface area contributed by atoms with Crippen molar-refractivity contribution in [1.82, 2.24) is 5.32 Å². The van der Waals surface area contributed by atoms with Crippen molar-refractivity contribution in [3.05, 3.63) is 29.3 Å². The zero-order valence-electron chi connectivity index (χ0n) is 9.99. The first-order valence-electron chi connectivity index (χ1n) is 6.03. The third-order valence-corrected chi connectivity index (χ3v) is 3.13. The van der Waals surface area contributed by atoms with Gasteiger partial charge in [-0.3, -0.25) is 4.79 Å². The maximum atomic E-state index is 11.9. The zero-order chi connectivity index (χ0) is 12.3. The molecule has 0 saturated carbocycles. The summed E-state index contributed by atoms with van der Waals surface area (Å²) in [5.41, 5.74) is 2.95. The van der Waals surface area contributed by atoms with Crippen molar-refractivity contribution in [1.29, 1.82) is 0 Å². The summed E-state index contributed by atoms with van der Waals surface area (Å²) in [6.45, 7) is 2.85. The van der Waals surface area contributed by atoms with Gasteiger partial charge in [0, 0.05) is 17.8 Å². The molecule has 1 amide bonds. The Hall–Kier alpha value is -1.55. The van der Waals surface area contributed by atoms with Crippen LogP contribution in [-0.4, -0.2) is 30.2 Å². The van der Waals surface area contributed by atoms with Crippen molar-refractivity contribution in [2.24, 2.45) is 0 Å². The van der Waals surface area contributed by atoms with Gasteiger partial charge >= 0.3 is 0 Å². The van der Waals surface area contributed by atoms with Crippen LogP contribution in [0.1, 0.15) is 29.3 Å². The van der Waals surface area contributed by atoms with Gasteiger partial charge in [-0.1, -0.05) is 13.0 Å². The monoisotopic (exact) mass is 234 g/mol. The lowest BCUT2D eigenvalue weighted by molar-refractivity contribution is 0.0915. The van der Waals surface area contributed by atoms with Crippen LogP contribution in [0.2, 0.25) is 0 Å². The maximum Gasteiger partial charge on any atom is 0.251 e. The molecule has 4 heteroatoms. The van der Waals surface area contributed by atoms with Crippen molar-refractivity contribution in [3.63, 3.8) is 0 Å². The molecule has 0 aliphatic carbocycles. The van der Waals surface area contributed by atoms with Crippen LogP contribution in [0, 0.1) is 0 Å². The molecule has 1 aromatic carbocycles. The highest BCUT2D eigenvalue weighted by Gasteiger charge is 2.15. The van der Waals surface area contributed by atoms with Crippen LogP contribution in [0.15, 0.2) is 18.2 Å². The minimum atomic E-state index is -0.163. The number of benzene rings is 1. The van der Waals surface area contributed by atoms with E-state index in [2.05, 4.69) is 10.6 Å². The van der Waals surface area contributed by atoms with Gasteiger partial charge in [-0.05, 0) is 30.5 Å². The average Bonchev–Trinajstić information content (AvgIpc) is 2.82. The second kappa shape index (κ2) is 5.19. The van der Waals surface area contributed by atoms with Crippen LogP contribution in [0.25, 0.3) is 0 Å². The van der Waals surface area contributed by atoms with Crippen molar-refractivity contribution in [3.8, 4) is 0 Å². The summed E-state index contributed by atoms with van der Waals surface area (Å²) >= 11 is 0. The molecular weight excluding hydrogens is 216 g/mol. The third kappa shape index (κ3) is 2.58. The molecule has 0 spiro atoms. The van der Waals surface area contributed by atoms with Crippen molar-refractivity contribution >= 4 is 11.6 Å². The first-order valence-corrected chi connectivity index (χ1v) is 6.03. The number of aliphatic hydroxyl groups is 1. The summed E-state index contributed by atoms with van der Waals surface area (Å²) in [5, 5.41) is 15.1. The van der Waals surface area contributed by atoms with Gasteiger partial charge in [0.15, 0.2) is 0 Å². The molecule has 1 aliphatic rings. The normalized spacial score (nSPS) is 14.9. The van der Waals surface area contributed by atoms with E-state index in [4.69, 9.17) is 5.11 Å². The number of amides is 1. The molecule has 17 heavy (non-hydrogen) atoms. The predicted octanol–water partition coefficient (Wildman–Crippen LogP) is 1.16. The smallest absolute Gasteiger partial charge is 0.251 e. The SMILES string of the molecule is CC[C@@H](CO)NC(=O)c1ccc2c(c1)NCC2. The van der Waals surface area contributed by atoms with Crippen molar-refractivity contribution < 1.29 is 9.90 Å². The summed E-state index contributed by atoms with van der Waals surface area (Å²) in [7, 11) is 0. The van der Waals surface area contributed by atoms with Gasteiger partial charge in [-0.25, -0.2) is 0 Å². The molecule has 4 nitrogen and oxygen atoms in total. The quantitative estimate of drug-likeness (QED) is 0.732. The first-order chi connectivity index (χ1) is 8.24. The van der Waals surface area contributed by atoms with E-state index in [9.17, 15) is 4.79 Å². The number of carbonyl (C=O) groups excluding carboxylic acids is 1. The predicted molar refractivity (Wildman–Crippen MR) is 67.3 cm³/mol. The van der Waals surface area contributed by atoms with E-state index in [0.717, 1.165) is 25.1 Å². The van der Waals surface area contributed by atoms with Crippen LogP contribution in [-0.2, 0) is 6.42 Å². The van der Waals surface area contributed by atoms with E-state index in [1.165, 1.54) is 5.56 Å². The summed E-state index contributed by atoms with van der Waals surface area (Å²) in [4.78, 5) is 11.9. The Morgan fingerprint density at radius 1 is 1.59 bits per heavy atom. The largest absolute Gasteiger partial charge is 0.394 e. The van der Waals surface area contributed by atoms with Crippen LogP contribution < -0.4 is 10.6 Å². The minimum absolute atomic E-state index is 0.0224. The Balaban J connectivity index is 2.09. The topological polar surface area (TPSA) is 61.4 Å². The molecule has 1 atom stereocenters. The van der Waals surface area contributed by atoms with Gasteiger partial charge in [0.2, 0.25) is 0 Å². The van der Waals surface area contributed by atoms with Gasteiger partial charge in [0.05, 0.1) is 12.6 Å². The van der Waals surface area contributed by atoms with Gasteiger partial charge in [0.1, 0.15) is 0 Å². The summed E-state index contributed by atoms with van der Waals surface area (Å²) in [5.74, 6) is -0.123. The van der Waals surface area contributed by atoms with Gasteiger partial charge < -0.3 is 15.7 Å². The fourth-order valence-electron chi connectivity index (χ4n) is 1.98. The molecule has 0 saturated heterocycles. The standard InChI is InChI=1S/C13H18N2O2/c1-2-11(8-16)15-13(17)10-4-3-9-5-6-14-12(9)7-10/h3-4,7,11,14,16H,2,5-6,8H2,1H3,(H,15,17)/t11-/m0/s1. The second-order valence-corrected chi connectivity index (χ2v) is 4.31. The molecule has 0 radical (unpaired) electrons. The van der Waals surface area contributed by atoms with E-state index < -0.39 is 0 Å². The van der Waals surface area contributed by atoms with Crippen molar-refractivity contribution in [2.75, 3.05) is 18.5 Å². The zero-order valence-corrected chi connectivity index (χ0v) is 9.99. The molecule has 92 valence electrons. The molecule has 1 aliphatic heterocycles. The Bertz CT molecular complexity index is 414. The highest BCUT2D eigenvalue weighted by Crippen LogP contribution is 2.23. The number of hydrogen-bond acceptors (Lipinski definition) is 3. The minimum Gasteiger partial charge on any atom is -0.394 e. The number of carbonyl (C=O) groups is 1. The molecule has 0 unspecified atom stereocenters. The van der Waals surface area contributed by atoms with Crippen molar-refractivity contribution in [2.45, 2.75) is 25.8 Å². The van der Waals surface area contributed by atoms with Gasteiger partial charge in [-0.2, -0.15) is 0 Å². The van der Waals surface area contributed by atoms with E-state index in [0.29, 0.717) is 5.56 Å². The molecular formula is C13H18N2O2. The molecule has 1 aromatic rings. The number of fused-ring (bicyclic) bond motifs is 1. The number of nitrogens with one attached hydrogen (secondary N) is 2. The molecule has 3 N–H and O–H groups in total. The Morgan fingerprint density at radius 2 is 2.41 bits per heavy atom. The van der Waals surface area contributed by atoms with E-state index in [1.54, 1.807) is 0 Å². The fourth-order valence-corrected chi connectivity index (χ4v) is 1.98. The molecule has 1 heterocycles. The second-order valence-electron chi connectivity index (χ2n) is 4.31. The van der Waals surface area contributed by atoms with Gasteiger partial charge in [-0.15, -0.1) is 0 Å². The van der Waals surface area contributed by atoms with Crippen LogP contribution in [0.5, 0.6) is 0 Å². The third-order valence-electron chi connectivity index (χ3n) is 3.13. The lowest BCUT2D eigenvalue weighted by Crippen LogP contribution is -2.36. The van der Waals surface area contributed by atoms with E-state index in [1.807, 2.05) is 25.1 Å². The van der Waals surface area contributed by atoms with Crippen LogP contribution >= 0.6 is 0 Å². The van der Waals surface area contributed by atoms with E-state index >= 15 is 0 Å². The van der Waals surface area contributed by atoms with Crippen LogP contribution in [0.4, 0.5) is 5.69 Å². The summed E-state index contributed by atoms with van der Waals surface area (Å²) in [6, 6.07) is 5.54. The van der Waals surface area contributed by atoms with Crippen LogP contribution in [0.3, 0.4) is 0 Å². The summed E-state index contributed by atoms with van der Waals surface area (Å²) < 4.78 is 0. The Labute approximate surface area is 101 Å². The van der Waals surface area contributed by atoms with Gasteiger partial charge in [0.25, 0.3) is 5.91 Å². The number of aliphatic hydroxyl groups excluding tert-OH is 1. The number of anilines is 1.